The molecule has 1 unspecified atom stereocenters. The molecule has 0 bridgehead atoms. The van der Waals surface area contributed by atoms with Gasteiger partial charge in [-0.05, 0) is 31.9 Å². The van der Waals surface area contributed by atoms with Crippen LogP contribution in [0.5, 0.6) is 0 Å². The van der Waals surface area contributed by atoms with Crippen molar-refractivity contribution in [2.24, 2.45) is 0 Å². The number of rotatable bonds is 6. The molecule has 2 aliphatic heterocycles. The van der Waals surface area contributed by atoms with Crippen LogP contribution in [0.2, 0.25) is 0 Å². The number of nitrogens with zero attached hydrogens (tertiary/aromatic N) is 2. The third-order valence-corrected chi connectivity index (χ3v) is 6.94. The van der Waals surface area contributed by atoms with E-state index in [0.29, 0.717) is 18.5 Å². The molecule has 3 rings (SSSR count). The number of benzene rings is 1. The number of amides is 1. The lowest BCUT2D eigenvalue weighted by Gasteiger charge is -2.31. The number of hydrogen-bond donors (Lipinski definition) is 0. The van der Waals surface area contributed by atoms with E-state index in [1.54, 1.807) is 4.90 Å². The Morgan fingerprint density at radius 1 is 1.23 bits per heavy atom. The summed E-state index contributed by atoms with van der Waals surface area (Å²) in [7, 11) is -3.03. The van der Waals surface area contributed by atoms with E-state index >= 15 is 0 Å². The van der Waals surface area contributed by atoms with Gasteiger partial charge in [0.2, 0.25) is 0 Å². The highest BCUT2D eigenvalue weighted by Gasteiger charge is 2.34. The molecule has 2 fully saturated rings. The normalized spacial score (nSPS) is 23.0. The number of carbonyl (C=O) groups is 1. The molecule has 2 heterocycles. The maximum atomic E-state index is 13.0. The first-order chi connectivity index (χ1) is 12.4. The number of hydrogen-bond acceptors (Lipinski definition) is 5. The fraction of sp³-hybridized carbons (Fsp3) is 0.632. The quantitative estimate of drug-likeness (QED) is 0.745. The van der Waals surface area contributed by atoms with Crippen LogP contribution < -0.4 is 0 Å². The Morgan fingerprint density at radius 3 is 2.54 bits per heavy atom. The molecule has 0 aliphatic carbocycles. The molecule has 1 amide bonds. The van der Waals surface area contributed by atoms with Crippen molar-refractivity contribution < 1.29 is 17.9 Å². The average Bonchev–Trinajstić information content (AvgIpc) is 2.99. The van der Waals surface area contributed by atoms with Crippen molar-refractivity contribution in [2.75, 3.05) is 50.9 Å². The van der Waals surface area contributed by atoms with Crippen LogP contribution in [0.25, 0.3) is 0 Å². The van der Waals surface area contributed by atoms with Crippen molar-refractivity contribution >= 4 is 15.7 Å². The molecular formula is C19H28N2O4S. The van der Waals surface area contributed by atoms with Gasteiger partial charge in [-0.2, -0.15) is 0 Å². The largest absolute Gasteiger partial charge is 0.379 e. The molecule has 0 spiro atoms. The van der Waals surface area contributed by atoms with Crippen LogP contribution in [0.4, 0.5) is 0 Å². The van der Waals surface area contributed by atoms with Gasteiger partial charge in [0, 0.05) is 37.8 Å². The fourth-order valence-electron chi connectivity index (χ4n) is 3.62. The molecule has 1 atom stereocenters. The smallest absolute Gasteiger partial charge is 0.254 e. The minimum atomic E-state index is -3.03. The van der Waals surface area contributed by atoms with E-state index in [0.717, 1.165) is 44.8 Å². The topological polar surface area (TPSA) is 66.9 Å². The molecule has 144 valence electrons. The Hall–Kier alpha value is -1.44. The lowest BCUT2D eigenvalue weighted by molar-refractivity contribution is 0.0349. The van der Waals surface area contributed by atoms with Gasteiger partial charge >= 0.3 is 0 Å². The van der Waals surface area contributed by atoms with Gasteiger partial charge in [0.25, 0.3) is 5.91 Å². The Bertz CT molecular complexity index is 712. The van der Waals surface area contributed by atoms with E-state index in [4.69, 9.17) is 4.74 Å². The van der Waals surface area contributed by atoms with Crippen molar-refractivity contribution in [3.05, 3.63) is 35.4 Å². The lowest BCUT2D eigenvalue weighted by atomic mass is 10.1. The molecule has 0 N–H and O–H groups in total. The van der Waals surface area contributed by atoms with Gasteiger partial charge < -0.3 is 9.64 Å². The van der Waals surface area contributed by atoms with Crippen LogP contribution in [0.1, 0.15) is 28.8 Å². The van der Waals surface area contributed by atoms with E-state index in [9.17, 15) is 13.2 Å². The zero-order valence-electron chi connectivity index (χ0n) is 15.4. The summed E-state index contributed by atoms with van der Waals surface area (Å²) in [5.74, 6) is 0.204. The first-order valence-electron chi connectivity index (χ1n) is 9.33. The third-order valence-electron chi connectivity index (χ3n) is 5.19. The summed E-state index contributed by atoms with van der Waals surface area (Å²) in [6.07, 6.45) is 1.38. The lowest BCUT2D eigenvalue weighted by Crippen LogP contribution is -2.43. The minimum absolute atomic E-state index is 0.0610. The number of morpholine rings is 1. The number of carbonyl (C=O) groups excluding carboxylic acids is 1. The summed E-state index contributed by atoms with van der Waals surface area (Å²) in [6, 6.07) is 7.29. The highest BCUT2D eigenvalue weighted by Crippen LogP contribution is 2.21. The Morgan fingerprint density at radius 2 is 1.92 bits per heavy atom. The first-order valence-corrected chi connectivity index (χ1v) is 11.1. The summed E-state index contributed by atoms with van der Waals surface area (Å²) in [5.41, 5.74) is 1.73. The van der Waals surface area contributed by atoms with E-state index in [2.05, 4.69) is 4.90 Å². The summed E-state index contributed by atoms with van der Waals surface area (Å²) >= 11 is 0. The predicted molar refractivity (Wildman–Crippen MR) is 101 cm³/mol. The van der Waals surface area contributed by atoms with Crippen LogP contribution in [-0.4, -0.2) is 81.1 Å². The zero-order chi connectivity index (χ0) is 18.6. The number of sulfone groups is 1. The first kappa shape index (κ1) is 19.3. The van der Waals surface area contributed by atoms with Gasteiger partial charge in [0.15, 0.2) is 9.84 Å². The van der Waals surface area contributed by atoms with Gasteiger partial charge in [-0.1, -0.05) is 17.7 Å². The van der Waals surface area contributed by atoms with E-state index in [1.807, 2.05) is 31.2 Å². The summed E-state index contributed by atoms with van der Waals surface area (Å²) in [5, 5.41) is 0. The molecule has 2 aliphatic rings. The predicted octanol–water partition coefficient (Wildman–Crippen LogP) is 1.35. The molecule has 6 nitrogen and oxygen atoms in total. The fourth-order valence-corrected chi connectivity index (χ4v) is 5.35. The minimum Gasteiger partial charge on any atom is -0.379 e. The Balaban J connectivity index is 1.66. The van der Waals surface area contributed by atoms with Crippen LogP contribution in [0.3, 0.4) is 0 Å². The molecule has 2 saturated heterocycles. The molecule has 0 radical (unpaired) electrons. The molecule has 1 aromatic rings. The monoisotopic (exact) mass is 380 g/mol. The Kier molecular flexibility index (Phi) is 6.32. The van der Waals surface area contributed by atoms with Crippen LogP contribution in [-0.2, 0) is 14.6 Å². The van der Waals surface area contributed by atoms with Crippen LogP contribution >= 0.6 is 0 Å². The van der Waals surface area contributed by atoms with Crippen LogP contribution in [0.15, 0.2) is 24.3 Å². The standard InChI is InChI=1S/C19H28N2O4S/c1-16-3-5-17(6-4-16)19(22)21(18-7-14-26(23,24)15-18)9-2-8-20-10-12-25-13-11-20/h3-6,18H,2,7-15H2,1H3. The Labute approximate surface area is 156 Å². The summed E-state index contributed by atoms with van der Waals surface area (Å²) in [4.78, 5) is 17.2. The van der Waals surface area contributed by atoms with Gasteiger partial charge in [-0.25, -0.2) is 8.42 Å². The van der Waals surface area contributed by atoms with Crippen LogP contribution in [0, 0.1) is 6.92 Å². The van der Waals surface area contributed by atoms with E-state index < -0.39 is 9.84 Å². The van der Waals surface area contributed by atoms with Crippen molar-refractivity contribution in [3.63, 3.8) is 0 Å². The van der Waals surface area contributed by atoms with Gasteiger partial charge in [-0.3, -0.25) is 9.69 Å². The van der Waals surface area contributed by atoms with Gasteiger partial charge in [0.1, 0.15) is 0 Å². The SMILES string of the molecule is Cc1ccc(C(=O)N(CCCN2CCOCC2)C2CCS(=O)(=O)C2)cc1. The molecule has 7 heteroatoms. The van der Waals surface area contributed by atoms with E-state index in [-0.39, 0.29) is 23.5 Å². The van der Waals surface area contributed by atoms with Gasteiger partial charge in [0.05, 0.1) is 24.7 Å². The second-order valence-corrected chi connectivity index (χ2v) is 9.46. The molecule has 0 saturated carbocycles. The maximum Gasteiger partial charge on any atom is 0.254 e. The summed E-state index contributed by atoms with van der Waals surface area (Å²) < 4.78 is 29.2. The highest BCUT2D eigenvalue weighted by molar-refractivity contribution is 7.91. The summed E-state index contributed by atoms with van der Waals surface area (Å²) in [6.45, 7) is 6.83. The van der Waals surface area contributed by atoms with Crippen molar-refractivity contribution in [2.45, 2.75) is 25.8 Å². The van der Waals surface area contributed by atoms with Crippen molar-refractivity contribution in [3.8, 4) is 0 Å². The third kappa shape index (κ3) is 5.05. The van der Waals surface area contributed by atoms with Crippen molar-refractivity contribution in [1.82, 2.24) is 9.80 Å². The number of ether oxygens (including phenoxy) is 1. The zero-order valence-corrected chi connectivity index (χ0v) is 16.2. The second kappa shape index (κ2) is 8.50. The average molecular weight is 381 g/mol. The number of aryl methyl sites for hydroxylation is 1. The molecule has 26 heavy (non-hydrogen) atoms. The second-order valence-electron chi connectivity index (χ2n) is 7.23. The van der Waals surface area contributed by atoms with E-state index in [1.165, 1.54) is 0 Å². The van der Waals surface area contributed by atoms with Gasteiger partial charge in [-0.15, -0.1) is 0 Å². The molecule has 1 aromatic carbocycles. The van der Waals surface area contributed by atoms with Crippen molar-refractivity contribution in [1.29, 1.82) is 0 Å². The highest BCUT2D eigenvalue weighted by atomic mass is 32.2. The molecular weight excluding hydrogens is 352 g/mol. The molecule has 0 aromatic heterocycles. The maximum absolute atomic E-state index is 13.0.